The van der Waals surface area contributed by atoms with Gasteiger partial charge < -0.3 is 0 Å². The molecule has 0 fully saturated rings. The normalized spacial score (nSPS) is 7.38. The fourth-order valence-corrected chi connectivity index (χ4v) is 0.305. The zero-order chi connectivity index (χ0) is 6.41. The third kappa shape index (κ3) is 3.17. The van der Waals surface area contributed by atoms with Gasteiger partial charge in [-0.25, -0.2) is 0 Å². The van der Waals surface area contributed by atoms with E-state index in [1.807, 2.05) is 5.92 Å². The molecule has 0 aliphatic carbocycles. The minimum absolute atomic E-state index is 0.148. The molecule has 0 aromatic rings. The summed E-state index contributed by atoms with van der Waals surface area (Å²) in [5.41, 5.74) is 0. The topological polar surface area (TPSA) is 17.1 Å². The fourth-order valence-electron chi connectivity index (χ4n) is 0.305. The molecular formula is C7H8O. The van der Waals surface area contributed by atoms with Gasteiger partial charge in [-0.15, -0.1) is 13.0 Å². The van der Waals surface area contributed by atoms with Crippen molar-refractivity contribution in [1.29, 1.82) is 0 Å². The first-order valence-corrected chi connectivity index (χ1v) is 2.41. The van der Waals surface area contributed by atoms with E-state index in [0.717, 1.165) is 0 Å². The van der Waals surface area contributed by atoms with Crippen LogP contribution in [0.5, 0.6) is 0 Å². The average Bonchev–Trinajstić information content (AvgIpc) is 1.83. The van der Waals surface area contributed by atoms with Crippen molar-refractivity contribution in [1.82, 2.24) is 0 Å². The fraction of sp³-hybridized carbons (Fsp3) is 0.286. The van der Waals surface area contributed by atoms with Crippen LogP contribution in [0.2, 0.25) is 0 Å². The van der Waals surface area contributed by atoms with Crippen molar-refractivity contribution in [3.8, 4) is 12.3 Å². The summed E-state index contributed by atoms with van der Waals surface area (Å²) in [6.45, 7) is 3.45. The first-order valence-electron chi connectivity index (χ1n) is 2.41. The summed E-state index contributed by atoms with van der Waals surface area (Å²) >= 11 is 0. The van der Waals surface area contributed by atoms with Crippen LogP contribution in [-0.2, 0) is 4.79 Å². The third-order valence-electron chi connectivity index (χ3n) is 0.737. The molecular weight excluding hydrogens is 100 g/mol. The standard InChI is InChI=1S/C7H8O/c1-3-5-6-7(8)4-2/h2-3H,1,5-6H2. The van der Waals surface area contributed by atoms with Gasteiger partial charge in [-0.2, -0.15) is 0 Å². The first kappa shape index (κ1) is 6.97. The van der Waals surface area contributed by atoms with Crippen LogP contribution >= 0.6 is 0 Å². The number of allylic oxidation sites excluding steroid dienone is 1. The van der Waals surface area contributed by atoms with Crippen LogP contribution in [0.3, 0.4) is 0 Å². The van der Waals surface area contributed by atoms with Crippen LogP contribution in [0.15, 0.2) is 12.7 Å². The van der Waals surface area contributed by atoms with Gasteiger partial charge in [0.1, 0.15) is 0 Å². The zero-order valence-corrected chi connectivity index (χ0v) is 4.68. The SMILES string of the molecule is C#CC(=O)CCC=C. The molecule has 0 radical (unpaired) electrons. The van der Waals surface area contributed by atoms with Crippen LogP contribution in [0.4, 0.5) is 0 Å². The largest absolute Gasteiger partial charge is 0.285 e. The van der Waals surface area contributed by atoms with Crippen molar-refractivity contribution in [3.05, 3.63) is 12.7 Å². The molecule has 1 nitrogen and oxygen atoms in total. The highest BCUT2D eigenvalue weighted by molar-refractivity contribution is 5.94. The second kappa shape index (κ2) is 4.14. The lowest BCUT2D eigenvalue weighted by atomic mass is 10.2. The van der Waals surface area contributed by atoms with Gasteiger partial charge in [-0.1, -0.05) is 6.08 Å². The summed E-state index contributed by atoms with van der Waals surface area (Å²) in [6, 6.07) is 0. The van der Waals surface area contributed by atoms with Crippen molar-refractivity contribution in [2.45, 2.75) is 12.8 Å². The maximum atomic E-state index is 10.3. The van der Waals surface area contributed by atoms with Crippen LogP contribution in [0.1, 0.15) is 12.8 Å². The molecule has 0 atom stereocenters. The molecule has 0 aliphatic heterocycles. The summed E-state index contributed by atoms with van der Waals surface area (Å²) < 4.78 is 0. The molecule has 8 heavy (non-hydrogen) atoms. The smallest absolute Gasteiger partial charge is 0.205 e. The number of Topliss-reactive ketones (excluding diaryl/α,β-unsaturated/α-hetero) is 1. The van der Waals surface area contributed by atoms with Gasteiger partial charge in [-0.3, -0.25) is 4.79 Å². The van der Waals surface area contributed by atoms with Crippen LogP contribution in [0.25, 0.3) is 0 Å². The molecule has 0 N–H and O–H groups in total. The van der Waals surface area contributed by atoms with E-state index in [1.54, 1.807) is 6.08 Å². The van der Waals surface area contributed by atoms with Gasteiger partial charge in [0.25, 0.3) is 0 Å². The van der Waals surface area contributed by atoms with Crippen molar-refractivity contribution in [3.63, 3.8) is 0 Å². The Morgan fingerprint density at radius 1 is 1.88 bits per heavy atom. The Hall–Kier alpha value is -1.03. The molecule has 0 unspecified atom stereocenters. The lowest BCUT2D eigenvalue weighted by molar-refractivity contribution is -0.113. The summed E-state index contributed by atoms with van der Waals surface area (Å²) in [4.78, 5) is 10.3. The predicted molar refractivity (Wildman–Crippen MR) is 33.3 cm³/mol. The number of terminal acetylenes is 1. The monoisotopic (exact) mass is 108 g/mol. The summed E-state index contributed by atoms with van der Waals surface area (Å²) in [7, 11) is 0. The van der Waals surface area contributed by atoms with E-state index in [4.69, 9.17) is 6.42 Å². The predicted octanol–water partition coefficient (Wildman–Crippen LogP) is 1.15. The molecule has 0 amide bonds. The Kier molecular flexibility index (Phi) is 3.60. The Balaban J connectivity index is 3.29. The average molecular weight is 108 g/mol. The summed E-state index contributed by atoms with van der Waals surface area (Å²) in [6.07, 6.45) is 7.57. The molecule has 0 aromatic carbocycles. The highest BCUT2D eigenvalue weighted by Gasteiger charge is 1.90. The maximum Gasteiger partial charge on any atom is 0.205 e. The Bertz CT molecular complexity index is 128. The second-order valence-electron chi connectivity index (χ2n) is 1.39. The van der Waals surface area contributed by atoms with E-state index in [2.05, 4.69) is 6.58 Å². The lowest BCUT2D eigenvalue weighted by Crippen LogP contribution is -1.89. The van der Waals surface area contributed by atoms with Gasteiger partial charge in [0.05, 0.1) is 0 Å². The lowest BCUT2D eigenvalue weighted by Gasteiger charge is -1.82. The summed E-state index contributed by atoms with van der Waals surface area (Å²) in [5, 5.41) is 0. The van der Waals surface area contributed by atoms with Crippen LogP contribution in [0, 0.1) is 12.3 Å². The maximum absolute atomic E-state index is 10.3. The van der Waals surface area contributed by atoms with Gasteiger partial charge in [-0.05, 0) is 12.3 Å². The highest BCUT2D eigenvalue weighted by atomic mass is 16.1. The number of hydrogen-bond acceptors (Lipinski definition) is 1. The number of carbonyl (C=O) groups is 1. The highest BCUT2D eigenvalue weighted by Crippen LogP contribution is 1.88. The molecule has 0 spiro atoms. The van der Waals surface area contributed by atoms with Crippen molar-refractivity contribution in [2.24, 2.45) is 0 Å². The zero-order valence-electron chi connectivity index (χ0n) is 4.68. The van der Waals surface area contributed by atoms with E-state index in [1.165, 1.54) is 0 Å². The molecule has 0 aromatic heterocycles. The number of ketones is 1. The van der Waals surface area contributed by atoms with Crippen molar-refractivity contribution in [2.75, 3.05) is 0 Å². The van der Waals surface area contributed by atoms with Crippen molar-refractivity contribution >= 4 is 5.78 Å². The Morgan fingerprint density at radius 2 is 2.50 bits per heavy atom. The molecule has 42 valence electrons. The number of rotatable bonds is 3. The Morgan fingerprint density at radius 3 is 2.88 bits per heavy atom. The molecule has 0 bridgehead atoms. The van der Waals surface area contributed by atoms with E-state index < -0.39 is 0 Å². The van der Waals surface area contributed by atoms with E-state index in [9.17, 15) is 4.79 Å². The summed E-state index contributed by atoms with van der Waals surface area (Å²) in [5.74, 6) is 1.86. The molecule has 0 rings (SSSR count). The van der Waals surface area contributed by atoms with Gasteiger partial charge in [0.15, 0.2) is 0 Å². The quantitative estimate of drug-likeness (QED) is 0.301. The number of hydrogen-bond donors (Lipinski definition) is 0. The minimum atomic E-state index is -0.148. The van der Waals surface area contributed by atoms with Gasteiger partial charge in [0.2, 0.25) is 5.78 Å². The molecule has 0 heterocycles. The van der Waals surface area contributed by atoms with Crippen LogP contribution < -0.4 is 0 Å². The minimum Gasteiger partial charge on any atom is -0.285 e. The van der Waals surface area contributed by atoms with E-state index >= 15 is 0 Å². The van der Waals surface area contributed by atoms with Crippen molar-refractivity contribution < 1.29 is 4.79 Å². The van der Waals surface area contributed by atoms with E-state index in [0.29, 0.717) is 12.8 Å². The first-order chi connectivity index (χ1) is 3.81. The number of carbonyl (C=O) groups excluding carboxylic acids is 1. The molecule has 0 saturated carbocycles. The molecule has 0 saturated heterocycles. The van der Waals surface area contributed by atoms with E-state index in [-0.39, 0.29) is 5.78 Å². The van der Waals surface area contributed by atoms with Crippen LogP contribution in [-0.4, -0.2) is 5.78 Å². The Labute approximate surface area is 49.4 Å². The van der Waals surface area contributed by atoms with Gasteiger partial charge >= 0.3 is 0 Å². The van der Waals surface area contributed by atoms with Gasteiger partial charge in [0, 0.05) is 6.42 Å². The molecule has 0 aliphatic rings. The second-order valence-corrected chi connectivity index (χ2v) is 1.39. The third-order valence-corrected chi connectivity index (χ3v) is 0.737. The molecule has 1 heteroatoms.